The summed E-state index contributed by atoms with van der Waals surface area (Å²) >= 11 is 0. The first kappa shape index (κ1) is 11.0. The molecule has 0 aromatic heterocycles. The van der Waals surface area contributed by atoms with Gasteiger partial charge in [0.25, 0.3) is 0 Å². The van der Waals surface area contributed by atoms with Crippen LogP contribution in [0.15, 0.2) is 35.5 Å². The summed E-state index contributed by atoms with van der Waals surface area (Å²) in [6.45, 7) is 2.49. The van der Waals surface area contributed by atoms with Crippen molar-refractivity contribution in [2.45, 2.75) is 25.5 Å². The Labute approximate surface area is 112 Å². The van der Waals surface area contributed by atoms with E-state index in [0.29, 0.717) is 5.92 Å². The molecule has 0 N–H and O–H groups in total. The van der Waals surface area contributed by atoms with Gasteiger partial charge in [0, 0.05) is 25.4 Å². The van der Waals surface area contributed by atoms with E-state index in [0.717, 1.165) is 24.2 Å². The van der Waals surface area contributed by atoms with Gasteiger partial charge in [0.05, 0.1) is 11.6 Å². The SMILES string of the molecule is CC(=O)N1CC2CC1C1C(c3ccccc3)=NOC21. The zero-order valence-corrected chi connectivity index (χ0v) is 10.8. The van der Waals surface area contributed by atoms with E-state index in [1.165, 1.54) is 0 Å². The number of carbonyl (C=O) groups is 1. The first-order valence-electron chi connectivity index (χ1n) is 6.82. The van der Waals surface area contributed by atoms with E-state index in [1.54, 1.807) is 6.92 Å². The van der Waals surface area contributed by atoms with Gasteiger partial charge in [-0.25, -0.2) is 0 Å². The number of likely N-dealkylation sites (tertiary alicyclic amines) is 1. The Kier molecular flexibility index (Phi) is 2.22. The van der Waals surface area contributed by atoms with Crippen molar-refractivity contribution in [3.63, 3.8) is 0 Å². The molecule has 2 bridgehead atoms. The van der Waals surface area contributed by atoms with Gasteiger partial charge in [0.1, 0.15) is 6.10 Å². The van der Waals surface area contributed by atoms with Gasteiger partial charge in [-0.3, -0.25) is 4.79 Å². The molecule has 0 radical (unpaired) electrons. The van der Waals surface area contributed by atoms with Gasteiger partial charge < -0.3 is 9.74 Å². The molecule has 1 aromatic carbocycles. The van der Waals surface area contributed by atoms with E-state index in [1.807, 2.05) is 23.1 Å². The van der Waals surface area contributed by atoms with Crippen LogP contribution in [0.3, 0.4) is 0 Å². The van der Waals surface area contributed by atoms with Gasteiger partial charge in [0.2, 0.25) is 5.91 Å². The highest BCUT2D eigenvalue weighted by Crippen LogP contribution is 2.47. The average molecular weight is 256 g/mol. The number of piperidine rings is 1. The normalized spacial score (nSPS) is 35.0. The quantitative estimate of drug-likeness (QED) is 0.766. The number of rotatable bonds is 1. The van der Waals surface area contributed by atoms with Crippen LogP contribution in [0.25, 0.3) is 0 Å². The van der Waals surface area contributed by atoms with E-state index in [4.69, 9.17) is 4.84 Å². The van der Waals surface area contributed by atoms with Gasteiger partial charge in [-0.1, -0.05) is 35.5 Å². The lowest BCUT2D eigenvalue weighted by Gasteiger charge is -2.33. The van der Waals surface area contributed by atoms with Crippen LogP contribution in [-0.4, -0.2) is 35.2 Å². The lowest BCUT2D eigenvalue weighted by atomic mass is 9.87. The summed E-state index contributed by atoms with van der Waals surface area (Å²) in [5.41, 5.74) is 2.13. The molecule has 1 aliphatic carbocycles. The number of fused-ring (bicyclic) bond motifs is 5. The average Bonchev–Trinajstić information content (AvgIpc) is 3.10. The molecule has 1 saturated carbocycles. The Morgan fingerprint density at radius 3 is 2.89 bits per heavy atom. The number of amides is 1. The maximum Gasteiger partial charge on any atom is 0.219 e. The summed E-state index contributed by atoms with van der Waals surface area (Å²) in [5.74, 6) is 0.874. The molecular weight excluding hydrogens is 240 g/mol. The van der Waals surface area contributed by atoms with Crippen molar-refractivity contribution in [2.24, 2.45) is 17.0 Å². The molecule has 4 nitrogen and oxygen atoms in total. The third-order valence-corrected chi connectivity index (χ3v) is 4.67. The van der Waals surface area contributed by atoms with Crippen LogP contribution in [-0.2, 0) is 9.63 Å². The van der Waals surface area contributed by atoms with Crippen molar-refractivity contribution in [1.29, 1.82) is 0 Å². The third-order valence-electron chi connectivity index (χ3n) is 4.67. The number of oxime groups is 1. The van der Waals surface area contributed by atoms with Crippen molar-refractivity contribution in [1.82, 2.24) is 4.90 Å². The van der Waals surface area contributed by atoms with Gasteiger partial charge in [-0.15, -0.1) is 0 Å². The minimum absolute atomic E-state index is 0.172. The second kappa shape index (κ2) is 3.83. The van der Waals surface area contributed by atoms with Gasteiger partial charge in [-0.2, -0.15) is 0 Å². The molecule has 2 fully saturated rings. The van der Waals surface area contributed by atoms with Crippen LogP contribution < -0.4 is 0 Å². The molecule has 1 aromatic rings. The van der Waals surface area contributed by atoms with Crippen molar-refractivity contribution >= 4 is 11.6 Å². The fourth-order valence-electron chi connectivity index (χ4n) is 3.87. The maximum absolute atomic E-state index is 11.7. The number of nitrogens with zero attached hydrogens (tertiary/aromatic N) is 2. The molecule has 1 amide bonds. The molecule has 4 heteroatoms. The zero-order valence-electron chi connectivity index (χ0n) is 10.8. The van der Waals surface area contributed by atoms with Crippen LogP contribution in [0.1, 0.15) is 18.9 Å². The molecule has 0 spiro atoms. The Morgan fingerprint density at radius 2 is 2.16 bits per heavy atom. The van der Waals surface area contributed by atoms with Crippen LogP contribution in [0.2, 0.25) is 0 Å². The lowest BCUT2D eigenvalue weighted by molar-refractivity contribution is -0.132. The fourth-order valence-corrected chi connectivity index (χ4v) is 3.87. The van der Waals surface area contributed by atoms with Crippen molar-refractivity contribution < 1.29 is 9.63 Å². The second-order valence-corrected chi connectivity index (χ2v) is 5.67. The number of carbonyl (C=O) groups excluding carboxylic acids is 1. The molecular formula is C15H16N2O2. The standard InChI is InChI=1S/C15H16N2O2/c1-9(18)17-8-11-7-12(17)13-14(16-19-15(11)13)10-5-3-2-4-6-10/h2-6,11-13,15H,7-8H2,1H3. The predicted octanol–water partition coefficient (Wildman–Crippen LogP) is 1.66. The summed E-state index contributed by atoms with van der Waals surface area (Å²) in [7, 11) is 0. The van der Waals surface area contributed by atoms with E-state index in [9.17, 15) is 4.79 Å². The molecule has 4 unspecified atom stereocenters. The zero-order chi connectivity index (χ0) is 13.0. The Balaban J connectivity index is 1.69. The number of hydrogen-bond donors (Lipinski definition) is 0. The Bertz CT molecular complexity index is 555. The summed E-state index contributed by atoms with van der Waals surface area (Å²) in [6.07, 6.45) is 1.23. The van der Waals surface area contributed by atoms with Crippen LogP contribution in [0.5, 0.6) is 0 Å². The maximum atomic E-state index is 11.7. The topological polar surface area (TPSA) is 41.9 Å². The highest BCUT2D eigenvalue weighted by atomic mass is 16.6. The van der Waals surface area contributed by atoms with Gasteiger partial charge in [0.15, 0.2) is 0 Å². The largest absolute Gasteiger partial charge is 0.391 e. The third kappa shape index (κ3) is 1.46. The molecule has 19 heavy (non-hydrogen) atoms. The van der Waals surface area contributed by atoms with E-state index >= 15 is 0 Å². The van der Waals surface area contributed by atoms with E-state index < -0.39 is 0 Å². The predicted molar refractivity (Wildman–Crippen MR) is 70.6 cm³/mol. The number of benzene rings is 1. The smallest absolute Gasteiger partial charge is 0.219 e. The van der Waals surface area contributed by atoms with Crippen LogP contribution in [0, 0.1) is 11.8 Å². The summed E-state index contributed by atoms with van der Waals surface area (Å²) in [5, 5.41) is 4.30. The second-order valence-electron chi connectivity index (χ2n) is 5.67. The summed E-state index contributed by atoms with van der Waals surface area (Å²) < 4.78 is 0. The van der Waals surface area contributed by atoms with Crippen molar-refractivity contribution in [2.75, 3.05) is 6.54 Å². The van der Waals surface area contributed by atoms with Crippen molar-refractivity contribution in [3.8, 4) is 0 Å². The van der Waals surface area contributed by atoms with Gasteiger partial charge >= 0.3 is 0 Å². The minimum atomic E-state index is 0.172. The Morgan fingerprint density at radius 1 is 1.37 bits per heavy atom. The summed E-state index contributed by atoms with van der Waals surface area (Å²) in [6, 6.07) is 10.4. The molecule has 4 atom stereocenters. The van der Waals surface area contributed by atoms with Crippen LogP contribution in [0.4, 0.5) is 0 Å². The molecule has 3 aliphatic rings. The summed E-state index contributed by atoms with van der Waals surface area (Å²) in [4.78, 5) is 19.4. The van der Waals surface area contributed by atoms with E-state index in [-0.39, 0.29) is 24.0 Å². The highest BCUT2D eigenvalue weighted by molar-refractivity contribution is 6.04. The first-order chi connectivity index (χ1) is 9.25. The van der Waals surface area contributed by atoms with Crippen molar-refractivity contribution in [3.05, 3.63) is 35.9 Å². The minimum Gasteiger partial charge on any atom is -0.391 e. The molecule has 98 valence electrons. The fraction of sp³-hybridized carbons (Fsp3) is 0.467. The monoisotopic (exact) mass is 256 g/mol. The molecule has 4 rings (SSSR count). The molecule has 1 saturated heterocycles. The Hall–Kier alpha value is -1.84. The number of hydrogen-bond acceptors (Lipinski definition) is 3. The lowest BCUT2D eigenvalue weighted by Crippen LogP contribution is -2.48. The van der Waals surface area contributed by atoms with E-state index in [2.05, 4.69) is 17.3 Å². The molecule has 2 aliphatic heterocycles. The van der Waals surface area contributed by atoms with Crippen LogP contribution >= 0.6 is 0 Å². The first-order valence-corrected chi connectivity index (χ1v) is 6.82. The highest BCUT2D eigenvalue weighted by Gasteiger charge is 2.58. The van der Waals surface area contributed by atoms with Gasteiger partial charge in [-0.05, 0) is 12.0 Å². The molecule has 2 heterocycles.